The molecule has 0 N–H and O–H groups in total. The van der Waals surface area contributed by atoms with Crippen molar-refractivity contribution >= 4 is 108 Å². The first-order chi connectivity index (χ1) is 72.2. The SMILES string of the molecule is Cc1ccc(-c2cc(-c3cc4c(-c5ccccc5)nc5ccccc5c4c4c3=NCN=4)nc(-c3ccc(C)cc3)n2)cc1.c1ccc(-c2nc(-c3cccc(-n4c5ccccc5c5ccccc54)c3)cc(-c3cc4c(-c5ccccc5)nc5ccccc5c4c4c3=NCN=4)n2)cc1.c1ccc(-c2nc3ccccc3c3c4c(c(-c5cc(-c6ccc7ccccc7c6)nc(-c6ccc7ccccc7c6)n5)cc23)=NCN=4)cc1. The first kappa shape index (κ1) is 85.7. The molecule has 26 aromatic rings. The summed E-state index contributed by atoms with van der Waals surface area (Å²) in [6.45, 7) is 5.31. The number of para-hydroxylation sites is 5. The van der Waals surface area contributed by atoms with E-state index in [0.29, 0.717) is 37.5 Å². The Balaban J connectivity index is 0.000000109. The van der Waals surface area contributed by atoms with Crippen molar-refractivity contribution in [1.82, 2.24) is 49.4 Å². The summed E-state index contributed by atoms with van der Waals surface area (Å²) < 4.78 is 2.34. The Labute approximate surface area is 837 Å². The highest BCUT2D eigenvalue weighted by Gasteiger charge is 2.27. The predicted octanol–water partition coefficient (Wildman–Crippen LogP) is 27.2. The second-order valence-electron chi connectivity index (χ2n) is 37.1. The molecule has 0 atom stereocenters. The molecule has 0 unspecified atom stereocenters. The normalized spacial score (nSPS) is 12.3. The lowest BCUT2D eigenvalue weighted by Gasteiger charge is -2.14. The van der Waals surface area contributed by atoms with Gasteiger partial charge in [-0.1, -0.05) is 357 Å². The fourth-order valence-corrected chi connectivity index (χ4v) is 21.0. The van der Waals surface area contributed by atoms with E-state index in [4.69, 9.17) is 74.8 Å². The van der Waals surface area contributed by atoms with Crippen LogP contribution >= 0.6 is 0 Å². The standard InChI is InChI=1S/C48H30N6.C44H27N5.C38H27N5/c1-3-14-30(15-4-1)45-38-27-37(46-47(50-29-49-46)44(38)36-22-7-10-23-39(36)51-45)41-28-40(52-48(53-41)31-16-5-2-6-17-31)32-18-13-19-33(26-32)54-42-24-11-8-20-34(42)35-21-9-12-25-43(35)54;1-2-12-29(13-3-1)41-36-24-35(42-43(46-26-45-42)40(36)34-16-8-9-17-37(34)47-41)39-25-38(32-20-18-27-10-4-6-14-30(27)22-32)48-44(49-39)33-21-19-28-11-5-7-15-31(28)23-33;1-23-12-16-25(17-13-23)32-21-33(43-38(42-32)27-18-14-24(2)15-19-27)29-20-30-34(37-36(29)39-22-40-37)28-10-6-7-11-31(28)41-35(30)26-8-4-3-5-9-26/h1-28H,29H2;1-25H,26H2;3-21H,22H2,1-2H3. The van der Waals surface area contributed by atoms with E-state index in [1.807, 2.05) is 54.6 Å². The fraction of sp³-hybridized carbons (Fsp3) is 0.0385. The maximum atomic E-state index is 5.28. The van der Waals surface area contributed by atoms with Gasteiger partial charge in [-0.2, -0.15) is 0 Å². The zero-order valence-corrected chi connectivity index (χ0v) is 79.3. The summed E-state index contributed by atoms with van der Waals surface area (Å²) >= 11 is 0. The van der Waals surface area contributed by atoms with Crippen molar-refractivity contribution in [2.24, 2.45) is 30.0 Å². The van der Waals surface area contributed by atoms with Crippen LogP contribution in [0.25, 0.3) is 250 Å². The minimum atomic E-state index is 0.364. The van der Waals surface area contributed by atoms with Gasteiger partial charge in [0.15, 0.2) is 17.5 Å². The fourth-order valence-electron chi connectivity index (χ4n) is 21.0. The van der Waals surface area contributed by atoms with Gasteiger partial charge in [0.1, 0.15) is 20.0 Å². The van der Waals surface area contributed by atoms with Crippen molar-refractivity contribution in [2.45, 2.75) is 13.8 Å². The molecular formula is C130H84N16. The maximum absolute atomic E-state index is 5.28. The molecule has 146 heavy (non-hydrogen) atoms. The lowest BCUT2D eigenvalue weighted by Crippen LogP contribution is -2.26. The molecule has 3 aliphatic heterocycles. The molecule has 10 heterocycles. The van der Waals surface area contributed by atoms with E-state index in [2.05, 4.69) is 401 Å². The molecule has 0 bridgehead atoms. The van der Waals surface area contributed by atoms with Crippen LogP contribution < -0.4 is 32.1 Å². The Hall–Kier alpha value is -19.5. The summed E-state index contributed by atoms with van der Waals surface area (Å²) in [7, 11) is 0. The van der Waals surface area contributed by atoms with Gasteiger partial charge in [-0.25, -0.2) is 44.9 Å². The molecular weight excluding hydrogens is 1790 g/mol. The average Bonchev–Trinajstić information content (AvgIpc) is 1.38. The summed E-state index contributed by atoms with van der Waals surface area (Å²) in [4.78, 5) is 76.6. The van der Waals surface area contributed by atoms with Gasteiger partial charge >= 0.3 is 0 Å². The number of hydrogen-bond donors (Lipinski definition) is 0. The Kier molecular flexibility index (Phi) is 21.1. The van der Waals surface area contributed by atoms with Crippen LogP contribution in [0, 0.1) is 13.8 Å². The van der Waals surface area contributed by atoms with Gasteiger partial charge in [-0.05, 0) is 126 Å². The highest BCUT2D eigenvalue weighted by atomic mass is 15.0. The third-order valence-corrected chi connectivity index (χ3v) is 28.0. The van der Waals surface area contributed by atoms with Crippen LogP contribution in [-0.4, -0.2) is 69.4 Å². The average molecular weight is 1870 g/mol. The summed E-state index contributed by atoms with van der Waals surface area (Å²) in [5.74, 6) is 1.99. The van der Waals surface area contributed by atoms with Crippen LogP contribution in [-0.2, 0) is 0 Å². The van der Waals surface area contributed by atoms with E-state index < -0.39 is 0 Å². The lowest BCUT2D eigenvalue weighted by atomic mass is 9.95. The quantitative estimate of drug-likeness (QED) is 0.101. The van der Waals surface area contributed by atoms with Crippen molar-refractivity contribution in [3.05, 3.63) is 480 Å². The van der Waals surface area contributed by atoms with Crippen LogP contribution in [0.4, 0.5) is 0 Å². The van der Waals surface area contributed by atoms with Gasteiger partial charge in [0.25, 0.3) is 0 Å². The summed E-state index contributed by atoms with van der Waals surface area (Å²) in [6, 6.07) is 152. The second-order valence-corrected chi connectivity index (χ2v) is 37.1. The van der Waals surface area contributed by atoms with Gasteiger partial charge in [-0.3, -0.25) is 30.0 Å². The van der Waals surface area contributed by atoms with Crippen LogP contribution in [0.5, 0.6) is 0 Å². The summed E-state index contributed by atoms with van der Waals surface area (Å²) in [5, 5.41) is 21.9. The Bertz CT molecular complexity index is 10100. The van der Waals surface area contributed by atoms with Crippen LogP contribution in [0.3, 0.4) is 0 Å². The van der Waals surface area contributed by atoms with Gasteiger partial charge in [-0.15, -0.1) is 0 Å². The van der Waals surface area contributed by atoms with Gasteiger partial charge in [0.05, 0.1) is 111 Å². The largest absolute Gasteiger partial charge is 0.309 e. The van der Waals surface area contributed by atoms with Gasteiger partial charge < -0.3 is 4.57 Å². The predicted molar refractivity (Wildman–Crippen MR) is 590 cm³/mol. The molecule has 0 saturated heterocycles. The van der Waals surface area contributed by atoms with Gasteiger partial charge in [0.2, 0.25) is 0 Å². The molecule has 16 heteroatoms. The molecule has 0 saturated carbocycles. The number of nitrogens with zero attached hydrogens (tertiary/aromatic N) is 16. The first-order valence-electron chi connectivity index (χ1n) is 49.0. The first-order valence-corrected chi connectivity index (χ1v) is 49.0. The molecule has 0 spiro atoms. The second kappa shape index (κ2) is 36.0. The topological polar surface area (TPSA) is 195 Å². The summed E-state index contributed by atoms with van der Waals surface area (Å²) in [5.41, 5.74) is 28.1. The monoisotopic (exact) mass is 1870 g/mol. The molecule has 16 nitrogen and oxygen atoms in total. The van der Waals surface area contributed by atoms with Crippen molar-refractivity contribution in [3.8, 4) is 141 Å². The third kappa shape index (κ3) is 15.4. The van der Waals surface area contributed by atoms with Crippen molar-refractivity contribution in [1.29, 1.82) is 0 Å². The summed E-state index contributed by atoms with van der Waals surface area (Å²) in [6.07, 6.45) is 0. The molecule has 19 aromatic carbocycles. The molecule has 0 radical (unpaired) electrons. The lowest BCUT2D eigenvalue weighted by molar-refractivity contribution is 1.06. The highest BCUT2D eigenvalue weighted by Crippen LogP contribution is 2.42. The third-order valence-electron chi connectivity index (χ3n) is 28.0. The number of hydrogen-bond acceptors (Lipinski definition) is 15. The van der Waals surface area contributed by atoms with Crippen molar-refractivity contribution in [3.63, 3.8) is 0 Å². The molecule has 684 valence electrons. The van der Waals surface area contributed by atoms with E-state index in [1.165, 1.54) is 38.1 Å². The Morgan fingerprint density at radius 3 is 0.897 bits per heavy atom. The van der Waals surface area contributed by atoms with Crippen LogP contribution in [0.1, 0.15) is 11.1 Å². The maximum Gasteiger partial charge on any atom is 0.160 e. The zero-order chi connectivity index (χ0) is 96.8. The Morgan fingerprint density at radius 2 is 0.479 bits per heavy atom. The molecule has 7 aromatic heterocycles. The Morgan fingerprint density at radius 1 is 0.185 bits per heavy atom. The number of fused-ring (bicyclic) bond motifs is 20. The number of benzene rings is 19. The number of pyridine rings is 3. The molecule has 29 rings (SSSR count). The number of aryl methyl sites for hydroxylation is 2. The van der Waals surface area contributed by atoms with Crippen molar-refractivity contribution < 1.29 is 0 Å². The van der Waals surface area contributed by atoms with Gasteiger partial charge in [0, 0.05) is 132 Å². The number of rotatable bonds is 13. The smallest absolute Gasteiger partial charge is 0.160 e. The highest BCUT2D eigenvalue weighted by molar-refractivity contribution is 6.16. The van der Waals surface area contributed by atoms with E-state index in [1.54, 1.807) is 0 Å². The van der Waals surface area contributed by atoms with E-state index in [-0.39, 0.29) is 0 Å². The zero-order valence-electron chi connectivity index (χ0n) is 79.3. The molecule has 0 fully saturated rings. The number of aromatic nitrogens is 10. The van der Waals surface area contributed by atoms with E-state index in [9.17, 15) is 0 Å². The minimum absolute atomic E-state index is 0.364. The van der Waals surface area contributed by atoms with E-state index in [0.717, 1.165) is 237 Å². The minimum Gasteiger partial charge on any atom is -0.309 e. The molecule has 3 aliphatic rings. The van der Waals surface area contributed by atoms with Crippen LogP contribution in [0.2, 0.25) is 0 Å². The van der Waals surface area contributed by atoms with Crippen molar-refractivity contribution in [2.75, 3.05) is 20.0 Å². The molecule has 0 amide bonds. The molecule has 0 aliphatic carbocycles. The van der Waals surface area contributed by atoms with E-state index >= 15 is 0 Å². The van der Waals surface area contributed by atoms with Crippen LogP contribution in [0.15, 0.2) is 467 Å².